The fourth-order valence-electron chi connectivity index (χ4n) is 13.0. The summed E-state index contributed by atoms with van der Waals surface area (Å²) in [6, 6.07) is 0. The molecule has 0 aromatic carbocycles. The lowest BCUT2D eigenvalue weighted by Gasteiger charge is -2.53. The van der Waals surface area contributed by atoms with E-state index in [1.54, 1.807) is 0 Å². The Morgan fingerprint density at radius 3 is 0.674 bits per heavy atom. The molecule has 0 spiro atoms. The van der Waals surface area contributed by atoms with Gasteiger partial charge in [-0.05, 0) is 0 Å². The van der Waals surface area contributed by atoms with Crippen LogP contribution < -0.4 is 0 Å². The molecule has 23 saturated heterocycles. The predicted octanol–water partition coefficient (Wildman–Crippen LogP) is -1.96. The normalized spacial score (nSPS) is 46.2. The molecule has 500 valence electrons. The first-order valence-corrected chi connectivity index (χ1v) is 28.7. The number of hydrogen-bond donors (Lipinski definition) is 0. The predicted molar refractivity (Wildman–Crippen MR) is 285 cm³/mol. The number of methoxy groups -OCH3 is 16. The lowest BCUT2D eigenvalue weighted by molar-refractivity contribution is -0.410. The first-order valence-electron chi connectivity index (χ1n) is 28.7. The van der Waals surface area contributed by atoms with Crippen LogP contribution in [0.25, 0.3) is 0 Å². The molecule has 0 aromatic rings. The van der Waals surface area contributed by atoms with Gasteiger partial charge in [-0.1, -0.05) is 0 Å². The van der Waals surface area contributed by atoms with Crippen LogP contribution in [0.3, 0.4) is 0 Å². The molecule has 0 N–H and O–H groups in total. The molecule has 0 unspecified atom stereocenters. The molecule has 23 heterocycles. The van der Waals surface area contributed by atoms with Gasteiger partial charge in [0.15, 0.2) is 43.5 Å². The molecule has 0 aliphatic carbocycles. The van der Waals surface area contributed by atoms with Crippen LogP contribution >= 0.6 is 0 Å². The van der Waals surface area contributed by atoms with Gasteiger partial charge < -0.3 is 142 Å². The summed E-state index contributed by atoms with van der Waals surface area (Å²) in [7, 11) is 24.0. The van der Waals surface area contributed by atoms with Gasteiger partial charge in [0.05, 0.1) is 39.6 Å². The second kappa shape index (κ2) is 33.9. The van der Waals surface area contributed by atoms with E-state index >= 15 is 0 Å². The minimum atomic E-state index is -1.30. The Morgan fingerprint density at radius 1 is 0.244 bits per heavy atom. The molecule has 23 aliphatic rings. The first-order chi connectivity index (χ1) is 41.9. The van der Waals surface area contributed by atoms with Crippen molar-refractivity contribution in [2.45, 2.75) is 184 Å². The number of ketones is 1. The van der Waals surface area contributed by atoms with Crippen LogP contribution in [0.5, 0.6) is 0 Å². The van der Waals surface area contributed by atoms with Crippen molar-refractivity contribution in [3.8, 4) is 0 Å². The maximum atomic E-state index is 13.3. The molecule has 31 heteroatoms. The molecule has 30 atom stereocenters. The van der Waals surface area contributed by atoms with Gasteiger partial charge in [0, 0.05) is 114 Å². The highest BCUT2D eigenvalue weighted by Crippen LogP contribution is 2.42. The van der Waals surface area contributed by atoms with Crippen LogP contribution in [-0.2, 0) is 147 Å². The molecule has 0 aromatic heterocycles. The smallest absolute Gasteiger partial charge is 0.187 e. The second-order valence-electron chi connectivity index (χ2n) is 21.7. The third-order valence-electron chi connectivity index (χ3n) is 16.9. The minimum absolute atomic E-state index is 0.0192. The van der Waals surface area contributed by atoms with Crippen molar-refractivity contribution >= 4 is 5.78 Å². The zero-order valence-electron chi connectivity index (χ0n) is 52.1. The summed E-state index contributed by atoms with van der Waals surface area (Å²) in [5, 5.41) is 0. The van der Waals surface area contributed by atoms with Crippen molar-refractivity contribution in [2.24, 2.45) is 0 Å². The number of ether oxygens (including phenoxy) is 30. The van der Waals surface area contributed by atoms with Crippen molar-refractivity contribution in [3.63, 3.8) is 0 Å². The SMILES string of the molecule is COC[C@H]1O[C@@H]2O[C@H]3[C@H](OC)[C@@H](OC)[C@@H](O[C@H]4[C@H](OC)[C@@H](OC)[C@@H](O[C@H]5[C@@H]6OCC(=O)CO[C@H]6[C@@H](O[C@H]6[C@H](OC)[C@@H](OC)[C@@H](O[C@H]7[C@H](OC)[C@@H](OC)[C@@H](O[C@H]1[C@H](OC)[C@H]2OC)O[C@@H]7COC)O[C@@H]6COC)O[C@@H]5COC)O[C@@H]4COC)O[C@@H]3COC. The van der Waals surface area contributed by atoms with E-state index < -0.39 is 184 Å². The van der Waals surface area contributed by atoms with Gasteiger partial charge in [-0.2, -0.15) is 0 Å². The van der Waals surface area contributed by atoms with Crippen molar-refractivity contribution in [2.75, 3.05) is 167 Å². The van der Waals surface area contributed by atoms with E-state index in [1.807, 2.05) is 0 Å². The summed E-state index contributed by atoms with van der Waals surface area (Å²) < 4.78 is 193. The average Bonchev–Trinajstić information content (AvgIpc) is 1.03. The largest absolute Gasteiger partial charge is 0.382 e. The van der Waals surface area contributed by atoms with Gasteiger partial charge in [0.2, 0.25) is 0 Å². The maximum absolute atomic E-state index is 13.3. The summed E-state index contributed by atoms with van der Waals surface area (Å²) in [6.07, 6.45) is -31.1. The molecule has 0 radical (unpaired) electrons. The number of carbonyl (C=O) groups is 1. The average molecular weight is 1250 g/mol. The van der Waals surface area contributed by atoms with Crippen molar-refractivity contribution in [3.05, 3.63) is 0 Å². The van der Waals surface area contributed by atoms with Gasteiger partial charge in [0.25, 0.3) is 0 Å². The van der Waals surface area contributed by atoms with E-state index in [0.29, 0.717) is 0 Å². The van der Waals surface area contributed by atoms with E-state index in [4.69, 9.17) is 142 Å². The van der Waals surface area contributed by atoms with E-state index in [-0.39, 0.29) is 58.6 Å². The summed E-state index contributed by atoms with van der Waals surface area (Å²) >= 11 is 0. The molecular formula is C55H94O31. The molecule has 0 saturated carbocycles. The van der Waals surface area contributed by atoms with Gasteiger partial charge in [-0.25, -0.2) is 0 Å². The highest BCUT2D eigenvalue weighted by Gasteiger charge is 2.61. The van der Waals surface area contributed by atoms with Crippen LogP contribution in [0.15, 0.2) is 0 Å². The van der Waals surface area contributed by atoms with Crippen LogP contribution in [0.1, 0.15) is 0 Å². The number of rotatable bonds is 22. The Kier molecular flexibility index (Phi) is 27.7. The van der Waals surface area contributed by atoms with Gasteiger partial charge in [0.1, 0.15) is 160 Å². The van der Waals surface area contributed by atoms with E-state index in [2.05, 4.69) is 0 Å². The van der Waals surface area contributed by atoms with Crippen molar-refractivity contribution in [1.82, 2.24) is 0 Å². The van der Waals surface area contributed by atoms with Crippen LogP contribution in [0, 0.1) is 0 Å². The molecule has 0 amide bonds. The molecular weight excluding hydrogens is 1160 g/mol. The number of Topliss-reactive ketones (excluding diaryl/α,β-unsaturated/α-hetero) is 1. The molecule has 23 aliphatic heterocycles. The molecule has 23 fully saturated rings. The van der Waals surface area contributed by atoms with Gasteiger partial charge >= 0.3 is 0 Å². The monoisotopic (exact) mass is 1250 g/mol. The number of hydrogen-bond acceptors (Lipinski definition) is 31. The second-order valence-corrected chi connectivity index (χ2v) is 21.7. The van der Waals surface area contributed by atoms with Gasteiger partial charge in [-0.3, -0.25) is 4.79 Å². The molecule has 12 bridgehead atoms. The highest BCUT2D eigenvalue weighted by molar-refractivity contribution is 5.81. The third kappa shape index (κ3) is 15.1. The van der Waals surface area contributed by atoms with Gasteiger partial charge in [-0.15, -0.1) is 0 Å². The summed E-state index contributed by atoms with van der Waals surface area (Å²) in [6.45, 7) is -0.924. The lowest BCUT2D eigenvalue weighted by Crippen LogP contribution is -2.70. The fourth-order valence-corrected chi connectivity index (χ4v) is 13.0. The molecule has 31 nitrogen and oxygen atoms in total. The van der Waals surface area contributed by atoms with Crippen molar-refractivity contribution in [1.29, 1.82) is 0 Å². The quantitative estimate of drug-likeness (QED) is 0.114. The van der Waals surface area contributed by atoms with E-state index in [0.717, 1.165) is 0 Å². The Labute approximate surface area is 502 Å². The van der Waals surface area contributed by atoms with Crippen LogP contribution in [-0.4, -0.2) is 357 Å². The Balaban J connectivity index is 1.24. The Bertz CT molecular complexity index is 1970. The maximum Gasteiger partial charge on any atom is 0.187 e. The minimum Gasteiger partial charge on any atom is -0.382 e. The fraction of sp³-hybridized carbons (Fsp3) is 0.982. The Morgan fingerprint density at radius 2 is 0.442 bits per heavy atom. The number of carbonyl (C=O) groups excluding carboxylic acids is 1. The van der Waals surface area contributed by atoms with Crippen LogP contribution in [0.2, 0.25) is 0 Å². The highest BCUT2D eigenvalue weighted by atomic mass is 16.8. The summed E-state index contributed by atoms with van der Waals surface area (Å²) in [5.74, 6) is -0.347. The standard InChI is InChI=1S/C55H94O31/c1-57-19-26-32-38(63-7)44(68-12)50(75-26)82-33-27(20-58-2)77-52(46(70-14)39(33)64-8)84-35-29(22-60-4)79-54(48(72-16)41(35)66-10)86-37-31(24-62-6)80-55(49-43(37)73-17-25(56)18-74-49)85-36-30(23-61-5)78-53(47(71-15)42(36)67-11)83-34-28(21-59-3)76-51(81-32)45(69-13)40(34)65-9/h26-55H,17-24H2,1-16H3/t26-,27-,28-,29-,30-,31-,32-,33-,34-,35-,36-,37-,38+,39+,40+,41+,42+,43+,44-,45-,46-,47-,48-,49-,50-,51-,52-,53-,54-,55-/m1/s1. The summed E-state index contributed by atoms with van der Waals surface area (Å²) in [4.78, 5) is 13.3. The molecule has 86 heavy (non-hydrogen) atoms. The van der Waals surface area contributed by atoms with Crippen molar-refractivity contribution < 1.29 is 147 Å². The topological polar surface area (TPSA) is 294 Å². The molecule has 23 rings (SSSR count). The third-order valence-corrected chi connectivity index (χ3v) is 16.9. The Hall–Kier alpha value is -1.53. The lowest BCUT2D eigenvalue weighted by atomic mass is 9.94. The first kappa shape index (κ1) is 70.3. The zero-order valence-corrected chi connectivity index (χ0v) is 52.1. The van der Waals surface area contributed by atoms with Crippen LogP contribution in [0.4, 0.5) is 0 Å². The zero-order chi connectivity index (χ0) is 61.8. The summed E-state index contributed by atoms with van der Waals surface area (Å²) in [5.41, 5.74) is 0. The van der Waals surface area contributed by atoms with E-state index in [1.165, 1.54) is 114 Å². The van der Waals surface area contributed by atoms with E-state index in [9.17, 15) is 4.79 Å².